The maximum Gasteiger partial charge on any atom is 0.308 e. The highest BCUT2D eigenvalue weighted by Crippen LogP contribution is 2.47. The van der Waals surface area contributed by atoms with Gasteiger partial charge in [-0.2, -0.15) is 0 Å². The quantitative estimate of drug-likeness (QED) is 0.454. The minimum atomic E-state index is -3.01. The van der Waals surface area contributed by atoms with Gasteiger partial charge in [-0.1, -0.05) is 79.7 Å². The first-order valence-electron chi connectivity index (χ1n) is 10.4. The number of benzene rings is 3. The summed E-state index contributed by atoms with van der Waals surface area (Å²) in [5.74, 6) is -0.210. The van der Waals surface area contributed by atoms with Crippen molar-refractivity contribution in [2.75, 3.05) is 7.11 Å². The number of methoxy groups -OCH3 is 1. The molecule has 0 heterocycles. The Labute approximate surface area is 178 Å². The molecule has 0 saturated carbocycles. The second-order valence-electron chi connectivity index (χ2n) is 8.01. The topological polar surface area (TPSA) is 43.4 Å². The summed E-state index contributed by atoms with van der Waals surface area (Å²) in [7, 11) is -1.56. The molecule has 3 aromatic rings. The zero-order chi connectivity index (χ0) is 21.3. The Balaban J connectivity index is 1.87. The second kappa shape index (κ2) is 8.24. The van der Waals surface area contributed by atoms with Gasteiger partial charge >= 0.3 is 5.97 Å². The molecule has 0 radical (unpaired) electrons. The zero-order valence-corrected chi connectivity index (χ0v) is 18.6. The Hall–Kier alpha value is -2.64. The van der Waals surface area contributed by atoms with Gasteiger partial charge in [0, 0.05) is 15.9 Å². The van der Waals surface area contributed by atoms with Crippen LogP contribution in [0.1, 0.15) is 36.0 Å². The van der Waals surface area contributed by atoms with Crippen LogP contribution in [0.4, 0.5) is 0 Å². The molecule has 4 rings (SSSR count). The lowest BCUT2D eigenvalue weighted by Gasteiger charge is -2.24. The SMILES string of the molecule is COC(=O)C(C)C1CCc2c1ccc(P(=O)(c1ccccc1)c1ccccc1)c2C. The molecule has 1 aliphatic carbocycles. The predicted molar refractivity (Wildman–Crippen MR) is 123 cm³/mol. The lowest BCUT2D eigenvalue weighted by molar-refractivity contribution is -0.145. The summed E-state index contributed by atoms with van der Waals surface area (Å²) in [5, 5.41) is 2.58. The van der Waals surface area contributed by atoms with Crippen LogP contribution in [0.2, 0.25) is 0 Å². The molecule has 0 aromatic heterocycles. The number of rotatable bonds is 5. The molecule has 4 heteroatoms. The average molecular weight is 418 g/mol. The standard InChI is InChI=1S/C26H27O3P/c1-18-22-14-15-23(19(2)26(27)29-3)24(22)16-17-25(18)30(28,20-10-6-4-7-11-20)21-12-8-5-9-13-21/h4-13,16-17,19,23H,14-15H2,1-3H3. The molecule has 0 aliphatic heterocycles. The Morgan fingerprint density at radius 1 is 0.967 bits per heavy atom. The van der Waals surface area contributed by atoms with Gasteiger partial charge in [-0.3, -0.25) is 4.79 Å². The van der Waals surface area contributed by atoms with Crippen molar-refractivity contribution in [2.24, 2.45) is 5.92 Å². The number of hydrogen-bond acceptors (Lipinski definition) is 3. The third kappa shape index (κ3) is 3.32. The van der Waals surface area contributed by atoms with Crippen molar-refractivity contribution >= 4 is 29.0 Å². The van der Waals surface area contributed by atoms with Crippen LogP contribution in [-0.2, 0) is 20.5 Å². The van der Waals surface area contributed by atoms with Gasteiger partial charge in [0.1, 0.15) is 0 Å². The summed E-state index contributed by atoms with van der Waals surface area (Å²) in [5.41, 5.74) is 3.52. The van der Waals surface area contributed by atoms with Crippen molar-refractivity contribution in [3.05, 3.63) is 89.5 Å². The Bertz CT molecular complexity index is 1060. The van der Waals surface area contributed by atoms with Crippen molar-refractivity contribution in [1.82, 2.24) is 0 Å². The van der Waals surface area contributed by atoms with Crippen LogP contribution >= 0.6 is 7.14 Å². The van der Waals surface area contributed by atoms with Crippen LogP contribution in [0.15, 0.2) is 72.8 Å². The van der Waals surface area contributed by atoms with Gasteiger partial charge in [0.05, 0.1) is 13.0 Å². The van der Waals surface area contributed by atoms with Crippen LogP contribution < -0.4 is 15.9 Å². The highest BCUT2D eigenvalue weighted by molar-refractivity contribution is 7.85. The van der Waals surface area contributed by atoms with E-state index in [4.69, 9.17) is 4.74 Å². The minimum Gasteiger partial charge on any atom is -0.469 e. The summed E-state index contributed by atoms with van der Waals surface area (Å²) in [6.45, 7) is 4.02. The van der Waals surface area contributed by atoms with Crippen LogP contribution in [-0.4, -0.2) is 13.1 Å². The van der Waals surface area contributed by atoms with Crippen LogP contribution in [0.3, 0.4) is 0 Å². The average Bonchev–Trinajstić information content (AvgIpc) is 3.24. The second-order valence-corrected chi connectivity index (χ2v) is 10.7. The summed E-state index contributed by atoms with van der Waals surface area (Å²) < 4.78 is 19.7. The summed E-state index contributed by atoms with van der Waals surface area (Å²) in [6.07, 6.45) is 1.81. The molecule has 0 saturated heterocycles. The normalized spacial score (nSPS) is 16.7. The monoisotopic (exact) mass is 418 g/mol. The number of hydrogen-bond donors (Lipinski definition) is 0. The largest absolute Gasteiger partial charge is 0.469 e. The fraction of sp³-hybridized carbons (Fsp3) is 0.269. The predicted octanol–water partition coefficient (Wildman–Crippen LogP) is 4.47. The molecular weight excluding hydrogens is 391 g/mol. The van der Waals surface area contributed by atoms with Gasteiger partial charge in [0.2, 0.25) is 0 Å². The number of carbonyl (C=O) groups excluding carboxylic acids is 1. The molecule has 0 N–H and O–H groups in total. The van der Waals surface area contributed by atoms with Gasteiger partial charge < -0.3 is 9.30 Å². The van der Waals surface area contributed by atoms with Gasteiger partial charge in [-0.25, -0.2) is 0 Å². The molecule has 3 aromatic carbocycles. The van der Waals surface area contributed by atoms with E-state index >= 15 is 0 Å². The number of carbonyl (C=O) groups is 1. The Kier molecular flexibility index (Phi) is 5.66. The van der Waals surface area contributed by atoms with Crippen molar-refractivity contribution in [1.29, 1.82) is 0 Å². The van der Waals surface area contributed by atoms with Gasteiger partial charge in [-0.05, 0) is 42.4 Å². The van der Waals surface area contributed by atoms with Crippen molar-refractivity contribution in [3.63, 3.8) is 0 Å². The smallest absolute Gasteiger partial charge is 0.308 e. The maximum absolute atomic E-state index is 14.7. The molecule has 2 atom stereocenters. The molecule has 0 bridgehead atoms. The van der Waals surface area contributed by atoms with E-state index in [1.807, 2.05) is 73.7 Å². The maximum atomic E-state index is 14.7. The van der Waals surface area contributed by atoms with E-state index < -0.39 is 7.14 Å². The van der Waals surface area contributed by atoms with Gasteiger partial charge in [-0.15, -0.1) is 0 Å². The lowest BCUT2D eigenvalue weighted by Crippen LogP contribution is -2.27. The minimum absolute atomic E-state index is 0.146. The molecule has 0 amide bonds. The third-order valence-electron chi connectivity index (χ3n) is 6.47. The zero-order valence-electron chi connectivity index (χ0n) is 17.7. The first-order valence-corrected chi connectivity index (χ1v) is 12.1. The number of esters is 1. The number of fused-ring (bicyclic) bond motifs is 1. The fourth-order valence-electron chi connectivity index (χ4n) is 4.81. The highest BCUT2D eigenvalue weighted by Gasteiger charge is 2.37. The van der Waals surface area contributed by atoms with E-state index in [9.17, 15) is 9.36 Å². The van der Waals surface area contributed by atoms with E-state index in [2.05, 4.69) is 13.0 Å². The Morgan fingerprint density at radius 3 is 2.07 bits per heavy atom. The van der Waals surface area contributed by atoms with Crippen molar-refractivity contribution in [2.45, 2.75) is 32.6 Å². The van der Waals surface area contributed by atoms with Crippen molar-refractivity contribution < 1.29 is 14.1 Å². The lowest BCUT2D eigenvalue weighted by atomic mass is 9.88. The van der Waals surface area contributed by atoms with E-state index in [0.717, 1.165) is 34.3 Å². The molecule has 0 fully saturated rings. The van der Waals surface area contributed by atoms with E-state index in [1.54, 1.807) is 0 Å². The first-order chi connectivity index (χ1) is 14.5. The molecular formula is C26H27O3P. The van der Waals surface area contributed by atoms with E-state index in [0.29, 0.717) is 0 Å². The highest BCUT2D eigenvalue weighted by atomic mass is 31.2. The van der Waals surface area contributed by atoms with Crippen LogP contribution in [0.25, 0.3) is 0 Å². The van der Waals surface area contributed by atoms with E-state index in [1.165, 1.54) is 18.2 Å². The van der Waals surface area contributed by atoms with Crippen molar-refractivity contribution in [3.8, 4) is 0 Å². The summed E-state index contributed by atoms with van der Waals surface area (Å²) in [4.78, 5) is 12.1. The molecule has 30 heavy (non-hydrogen) atoms. The van der Waals surface area contributed by atoms with Crippen LogP contribution in [0.5, 0.6) is 0 Å². The number of ether oxygens (including phenoxy) is 1. The van der Waals surface area contributed by atoms with Crippen LogP contribution in [0, 0.1) is 12.8 Å². The summed E-state index contributed by atoms with van der Waals surface area (Å²) >= 11 is 0. The first kappa shape index (κ1) is 20.6. The van der Waals surface area contributed by atoms with Gasteiger partial charge in [0.25, 0.3) is 0 Å². The molecule has 3 nitrogen and oxygen atoms in total. The Morgan fingerprint density at radius 2 is 1.53 bits per heavy atom. The van der Waals surface area contributed by atoms with E-state index in [-0.39, 0.29) is 17.8 Å². The fourth-order valence-corrected chi connectivity index (χ4v) is 7.74. The third-order valence-corrected chi connectivity index (χ3v) is 9.68. The molecule has 2 unspecified atom stereocenters. The van der Waals surface area contributed by atoms with Gasteiger partial charge in [0.15, 0.2) is 7.14 Å². The molecule has 0 spiro atoms. The molecule has 154 valence electrons. The molecule has 1 aliphatic rings. The summed E-state index contributed by atoms with van der Waals surface area (Å²) in [6, 6.07) is 23.6.